The van der Waals surface area contributed by atoms with E-state index in [9.17, 15) is 9.18 Å². The maximum atomic E-state index is 12.8. The molecule has 3 nitrogen and oxygen atoms in total. The number of carbonyl (C=O) groups excluding carboxylic acids is 1. The highest BCUT2D eigenvalue weighted by atomic mass is 79.9. The highest BCUT2D eigenvalue weighted by molar-refractivity contribution is 9.10. The average Bonchev–Trinajstić information content (AvgIpc) is 2.47. The second kappa shape index (κ2) is 7.33. The van der Waals surface area contributed by atoms with E-state index in [1.165, 1.54) is 24.3 Å². The van der Waals surface area contributed by atoms with Crippen molar-refractivity contribution in [2.45, 2.75) is 13.0 Å². The smallest absolute Gasteiger partial charge is 0.238 e. The zero-order chi connectivity index (χ0) is 15.2. The maximum absolute atomic E-state index is 12.8. The zero-order valence-electron chi connectivity index (χ0n) is 11.6. The molecule has 2 N–H and O–H groups in total. The fourth-order valence-corrected chi connectivity index (χ4v) is 2.29. The minimum atomic E-state index is -0.325. The Balaban J connectivity index is 1.84. The number of benzene rings is 2. The number of rotatable bonds is 5. The minimum Gasteiger partial charge on any atom is -0.325 e. The second-order valence-electron chi connectivity index (χ2n) is 4.71. The molecule has 1 atom stereocenters. The van der Waals surface area contributed by atoms with Gasteiger partial charge < -0.3 is 10.6 Å². The van der Waals surface area contributed by atoms with Crippen LogP contribution in [0.25, 0.3) is 0 Å². The number of hydrogen-bond donors (Lipinski definition) is 2. The molecule has 21 heavy (non-hydrogen) atoms. The van der Waals surface area contributed by atoms with E-state index in [-0.39, 0.29) is 24.3 Å². The molecule has 0 aliphatic rings. The summed E-state index contributed by atoms with van der Waals surface area (Å²) in [5.41, 5.74) is 1.68. The van der Waals surface area contributed by atoms with Crippen LogP contribution in [0, 0.1) is 5.82 Å². The number of hydrogen-bond acceptors (Lipinski definition) is 2. The molecule has 0 saturated carbocycles. The van der Waals surface area contributed by atoms with Crippen LogP contribution in [0.2, 0.25) is 0 Å². The minimum absolute atomic E-state index is 0.0569. The maximum Gasteiger partial charge on any atom is 0.238 e. The Hall–Kier alpha value is -1.72. The van der Waals surface area contributed by atoms with E-state index in [1.807, 2.05) is 31.2 Å². The SMILES string of the molecule is C[C@@H](NCC(=O)Nc1ccc(F)cc1)c1cccc(Br)c1. The Morgan fingerprint density at radius 1 is 1.24 bits per heavy atom. The van der Waals surface area contributed by atoms with Gasteiger partial charge in [-0.25, -0.2) is 4.39 Å². The summed E-state index contributed by atoms with van der Waals surface area (Å²) < 4.78 is 13.8. The summed E-state index contributed by atoms with van der Waals surface area (Å²) in [4.78, 5) is 11.8. The number of nitrogens with one attached hydrogen (secondary N) is 2. The van der Waals surface area contributed by atoms with Crippen LogP contribution in [0.4, 0.5) is 10.1 Å². The number of amides is 1. The van der Waals surface area contributed by atoms with Gasteiger partial charge in [0.15, 0.2) is 0 Å². The Kier molecular flexibility index (Phi) is 5.47. The van der Waals surface area contributed by atoms with Gasteiger partial charge in [-0.15, -0.1) is 0 Å². The third-order valence-electron chi connectivity index (χ3n) is 3.05. The number of halogens is 2. The van der Waals surface area contributed by atoms with Crippen LogP contribution in [-0.2, 0) is 4.79 Å². The summed E-state index contributed by atoms with van der Waals surface area (Å²) in [6.45, 7) is 2.18. The van der Waals surface area contributed by atoms with E-state index in [2.05, 4.69) is 26.6 Å². The van der Waals surface area contributed by atoms with Crippen LogP contribution in [0.5, 0.6) is 0 Å². The lowest BCUT2D eigenvalue weighted by atomic mass is 10.1. The van der Waals surface area contributed by atoms with Crippen molar-refractivity contribution < 1.29 is 9.18 Å². The van der Waals surface area contributed by atoms with Gasteiger partial charge in [-0.05, 0) is 48.9 Å². The summed E-state index contributed by atoms with van der Waals surface area (Å²) >= 11 is 3.42. The van der Waals surface area contributed by atoms with Crippen LogP contribution in [0.3, 0.4) is 0 Å². The van der Waals surface area contributed by atoms with Crippen molar-refractivity contribution >= 4 is 27.5 Å². The first-order chi connectivity index (χ1) is 10.0. The van der Waals surface area contributed by atoms with Gasteiger partial charge in [-0.3, -0.25) is 4.79 Å². The van der Waals surface area contributed by atoms with Crippen LogP contribution in [0.15, 0.2) is 53.0 Å². The summed E-state index contributed by atoms with van der Waals surface area (Å²) in [6.07, 6.45) is 0. The molecular weight excluding hydrogens is 335 g/mol. The van der Waals surface area contributed by atoms with Gasteiger partial charge in [0.2, 0.25) is 5.91 Å². The third-order valence-corrected chi connectivity index (χ3v) is 3.54. The van der Waals surface area contributed by atoms with Crippen molar-refractivity contribution in [2.75, 3.05) is 11.9 Å². The van der Waals surface area contributed by atoms with E-state index in [0.29, 0.717) is 5.69 Å². The molecule has 2 rings (SSSR count). The summed E-state index contributed by atoms with van der Waals surface area (Å²) in [6, 6.07) is 13.7. The Morgan fingerprint density at radius 3 is 2.62 bits per heavy atom. The highest BCUT2D eigenvalue weighted by Crippen LogP contribution is 2.17. The van der Waals surface area contributed by atoms with E-state index >= 15 is 0 Å². The van der Waals surface area contributed by atoms with E-state index in [0.717, 1.165) is 10.0 Å². The van der Waals surface area contributed by atoms with Gasteiger partial charge in [0.25, 0.3) is 0 Å². The lowest BCUT2D eigenvalue weighted by Gasteiger charge is -2.14. The van der Waals surface area contributed by atoms with Crippen molar-refractivity contribution in [3.63, 3.8) is 0 Å². The number of carbonyl (C=O) groups is 1. The van der Waals surface area contributed by atoms with Gasteiger partial charge in [-0.1, -0.05) is 28.1 Å². The topological polar surface area (TPSA) is 41.1 Å². The molecule has 0 saturated heterocycles. The standard InChI is InChI=1S/C16H16BrFN2O/c1-11(12-3-2-4-13(17)9-12)19-10-16(21)20-15-7-5-14(18)6-8-15/h2-9,11,19H,10H2,1H3,(H,20,21)/t11-/m1/s1. The summed E-state index contributed by atoms with van der Waals surface area (Å²) in [5.74, 6) is -0.488. The first kappa shape index (κ1) is 15.7. The van der Waals surface area contributed by atoms with Gasteiger partial charge in [0.05, 0.1) is 6.54 Å². The average molecular weight is 351 g/mol. The van der Waals surface area contributed by atoms with Crippen LogP contribution < -0.4 is 10.6 Å². The predicted molar refractivity (Wildman–Crippen MR) is 85.6 cm³/mol. The molecule has 0 unspecified atom stereocenters. The van der Waals surface area contributed by atoms with Gasteiger partial charge >= 0.3 is 0 Å². The molecule has 0 radical (unpaired) electrons. The molecule has 0 aliphatic carbocycles. The highest BCUT2D eigenvalue weighted by Gasteiger charge is 2.08. The lowest BCUT2D eigenvalue weighted by Crippen LogP contribution is -2.30. The first-order valence-electron chi connectivity index (χ1n) is 6.59. The van der Waals surface area contributed by atoms with Crippen LogP contribution in [-0.4, -0.2) is 12.5 Å². The molecule has 2 aromatic rings. The van der Waals surface area contributed by atoms with Crippen LogP contribution >= 0.6 is 15.9 Å². The fourth-order valence-electron chi connectivity index (χ4n) is 1.88. The zero-order valence-corrected chi connectivity index (χ0v) is 13.2. The van der Waals surface area contributed by atoms with Gasteiger partial charge in [0, 0.05) is 16.2 Å². The number of anilines is 1. The molecule has 5 heteroatoms. The normalized spacial score (nSPS) is 12.0. The largest absolute Gasteiger partial charge is 0.325 e. The van der Waals surface area contributed by atoms with Crippen LogP contribution in [0.1, 0.15) is 18.5 Å². The monoisotopic (exact) mass is 350 g/mol. The molecule has 0 aromatic heterocycles. The Morgan fingerprint density at radius 2 is 1.95 bits per heavy atom. The predicted octanol–water partition coefficient (Wildman–Crippen LogP) is 3.88. The van der Waals surface area contributed by atoms with Crippen molar-refractivity contribution in [3.05, 3.63) is 64.4 Å². The van der Waals surface area contributed by atoms with Crippen molar-refractivity contribution in [3.8, 4) is 0 Å². The Bertz CT molecular complexity index is 616. The molecule has 1 amide bonds. The Labute approximate surface area is 131 Å². The molecule has 0 fully saturated rings. The summed E-state index contributed by atoms with van der Waals surface area (Å²) in [5, 5.41) is 5.86. The molecule has 0 heterocycles. The van der Waals surface area contributed by atoms with Gasteiger partial charge in [0.1, 0.15) is 5.82 Å². The van der Waals surface area contributed by atoms with Crippen molar-refractivity contribution in [2.24, 2.45) is 0 Å². The lowest BCUT2D eigenvalue weighted by molar-refractivity contribution is -0.115. The van der Waals surface area contributed by atoms with Crippen molar-refractivity contribution in [1.29, 1.82) is 0 Å². The quantitative estimate of drug-likeness (QED) is 0.859. The van der Waals surface area contributed by atoms with E-state index in [4.69, 9.17) is 0 Å². The van der Waals surface area contributed by atoms with Crippen molar-refractivity contribution in [1.82, 2.24) is 5.32 Å². The molecule has 0 bridgehead atoms. The van der Waals surface area contributed by atoms with E-state index < -0.39 is 0 Å². The first-order valence-corrected chi connectivity index (χ1v) is 7.38. The third kappa shape index (κ3) is 4.95. The molecule has 2 aromatic carbocycles. The van der Waals surface area contributed by atoms with Gasteiger partial charge in [-0.2, -0.15) is 0 Å². The molecule has 110 valence electrons. The molecular formula is C16H16BrFN2O. The molecule has 0 aliphatic heterocycles. The summed E-state index contributed by atoms with van der Waals surface area (Å²) in [7, 11) is 0. The second-order valence-corrected chi connectivity index (χ2v) is 5.63. The molecule has 0 spiro atoms. The fraction of sp³-hybridized carbons (Fsp3) is 0.188. The van der Waals surface area contributed by atoms with E-state index in [1.54, 1.807) is 0 Å².